The van der Waals surface area contributed by atoms with Crippen molar-refractivity contribution in [2.24, 2.45) is 11.8 Å². The van der Waals surface area contributed by atoms with Crippen molar-refractivity contribution < 1.29 is 14.4 Å². The zero-order chi connectivity index (χ0) is 31.5. The minimum absolute atomic E-state index is 0.0142. The number of nitrogens with zero attached hydrogens (tertiary/aromatic N) is 5. The van der Waals surface area contributed by atoms with Crippen molar-refractivity contribution in [1.29, 1.82) is 0 Å². The number of hydrogen-bond acceptors (Lipinski definition) is 10. The predicted octanol–water partition coefficient (Wildman–Crippen LogP) is 3.97. The van der Waals surface area contributed by atoms with Crippen LogP contribution in [0.25, 0.3) is 0 Å². The third-order valence-corrected chi connectivity index (χ3v) is 11.8. The van der Waals surface area contributed by atoms with Gasteiger partial charge in [0.05, 0.1) is 6.16 Å². The fraction of sp³-hybridized carbons (Fsp3) is 0.906. The van der Waals surface area contributed by atoms with Gasteiger partial charge in [-0.1, -0.05) is 38.5 Å². The summed E-state index contributed by atoms with van der Waals surface area (Å²) in [6.45, 7) is 7.33. The standard InChI is InChI=1S/C32H60N9O3P/c33-29-37-30(36-24-27-13-11-26(12-14-27)23-34-17-7-18-35-28-9-3-1-4-10-28)39-31(38-29)40-20-21-41(19-8-22-45(42,43)44)32(25-40)15-5-2-6-16-32/h26-28,34-35H,1-25H2,(H2,42,43,44)(H3,33,36,37,38,39). The molecule has 5 rings (SSSR count). The Morgan fingerprint density at radius 3 is 2.29 bits per heavy atom. The third-order valence-electron chi connectivity index (χ3n) is 10.9. The second-order valence-electron chi connectivity index (χ2n) is 14.4. The molecular formula is C32H60N9O3P. The molecule has 1 aliphatic heterocycles. The molecule has 2 heterocycles. The largest absolute Gasteiger partial charge is 0.368 e. The molecule has 256 valence electrons. The smallest absolute Gasteiger partial charge is 0.325 e. The summed E-state index contributed by atoms with van der Waals surface area (Å²) < 4.78 is 11.4. The van der Waals surface area contributed by atoms with Crippen LogP contribution in [0.5, 0.6) is 0 Å². The molecule has 45 heavy (non-hydrogen) atoms. The van der Waals surface area contributed by atoms with Gasteiger partial charge >= 0.3 is 7.60 Å². The Morgan fingerprint density at radius 1 is 0.844 bits per heavy atom. The summed E-state index contributed by atoms with van der Waals surface area (Å²) in [7, 11) is -3.98. The summed E-state index contributed by atoms with van der Waals surface area (Å²) >= 11 is 0. The van der Waals surface area contributed by atoms with Crippen LogP contribution in [0.3, 0.4) is 0 Å². The molecule has 1 aromatic rings. The second kappa shape index (κ2) is 17.0. The molecule has 0 amide bonds. The Hall–Kier alpha value is -1.56. The van der Waals surface area contributed by atoms with Crippen molar-refractivity contribution in [2.45, 2.75) is 114 Å². The van der Waals surface area contributed by atoms with E-state index >= 15 is 0 Å². The van der Waals surface area contributed by atoms with Gasteiger partial charge in [0.15, 0.2) is 0 Å². The van der Waals surface area contributed by atoms with Crippen LogP contribution in [0.15, 0.2) is 0 Å². The van der Waals surface area contributed by atoms with Crippen molar-refractivity contribution in [3.63, 3.8) is 0 Å². The Bertz CT molecular complexity index is 1070. The minimum Gasteiger partial charge on any atom is -0.368 e. The van der Waals surface area contributed by atoms with Gasteiger partial charge in [-0.05, 0) is 102 Å². The summed E-state index contributed by atoms with van der Waals surface area (Å²) in [4.78, 5) is 37.2. The topological polar surface area (TPSA) is 165 Å². The molecule has 7 N–H and O–H groups in total. The second-order valence-corrected chi connectivity index (χ2v) is 16.1. The number of nitrogens with one attached hydrogen (secondary N) is 3. The maximum Gasteiger partial charge on any atom is 0.325 e. The molecule has 0 unspecified atom stereocenters. The van der Waals surface area contributed by atoms with E-state index in [0.717, 1.165) is 70.6 Å². The SMILES string of the molecule is Nc1nc(NCC2CCC(CNCCCNC3CCCCC3)CC2)nc(N2CCN(CCCP(=O)(O)O)C3(CCCCC3)C2)n1. The highest BCUT2D eigenvalue weighted by Gasteiger charge is 2.43. The first-order chi connectivity index (χ1) is 21.8. The van der Waals surface area contributed by atoms with Crippen LogP contribution >= 0.6 is 7.60 Å². The van der Waals surface area contributed by atoms with Crippen molar-refractivity contribution in [3.8, 4) is 0 Å². The number of hydrogen-bond donors (Lipinski definition) is 6. The molecule has 3 aliphatic carbocycles. The number of piperazine rings is 1. The lowest BCUT2D eigenvalue weighted by Crippen LogP contribution is -2.63. The number of aromatic nitrogens is 3. The van der Waals surface area contributed by atoms with E-state index in [2.05, 4.69) is 35.7 Å². The van der Waals surface area contributed by atoms with Crippen LogP contribution in [-0.4, -0.2) is 99.7 Å². The van der Waals surface area contributed by atoms with Crippen LogP contribution in [-0.2, 0) is 4.57 Å². The van der Waals surface area contributed by atoms with E-state index in [4.69, 9.17) is 10.7 Å². The van der Waals surface area contributed by atoms with E-state index in [1.54, 1.807) is 0 Å². The Kier molecular flexibility index (Phi) is 13.1. The van der Waals surface area contributed by atoms with Gasteiger partial charge in [0, 0.05) is 37.8 Å². The molecule has 0 aromatic carbocycles. The summed E-state index contributed by atoms with van der Waals surface area (Å²) in [6, 6.07) is 0.759. The molecule has 0 atom stereocenters. The first-order valence-corrected chi connectivity index (χ1v) is 19.8. The van der Waals surface area contributed by atoms with Gasteiger partial charge in [0.25, 0.3) is 0 Å². The first kappa shape index (κ1) is 34.8. The van der Waals surface area contributed by atoms with Gasteiger partial charge in [0.2, 0.25) is 17.8 Å². The van der Waals surface area contributed by atoms with Crippen LogP contribution in [0.1, 0.15) is 103 Å². The molecule has 3 saturated carbocycles. The van der Waals surface area contributed by atoms with Gasteiger partial charge in [-0.2, -0.15) is 15.0 Å². The highest BCUT2D eigenvalue weighted by Crippen LogP contribution is 2.39. The fourth-order valence-corrected chi connectivity index (χ4v) is 8.85. The van der Waals surface area contributed by atoms with Crippen LogP contribution in [0.2, 0.25) is 0 Å². The van der Waals surface area contributed by atoms with Gasteiger partial charge in [-0.15, -0.1) is 0 Å². The lowest BCUT2D eigenvalue weighted by molar-refractivity contribution is 0.0384. The molecule has 0 radical (unpaired) electrons. The van der Waals surface area contributed by atoms with Crippen LogP contribution in [0, 0.1) is 11.8 Å². The minimum atomic E-state index is -3.98. The predicted molar refractivity (Wildman–Crippen MR) is 182 cm³/mol. The molecule has 0 bridgehead atoms. The summed E-state index contributed by atoms with van der Waals surface area (Å²) in [5, 5.41) is 11.0. The summed E-state index contributed by atoms with van der Waals surface area (Å²) in [5.74, 6) is 2.82. The quantitative estimate of drug-likeness (QED) is 0.120. The average Bonchev–Trinajstić information content (AvgIpc) is 3.03. The van der Waals surface area contributed by atoms with Crippen LogP contribution in [0.4, 0.5) is 17.8 Å². The zero-order valence-electron chi connectivity index (χ0n) is 27.5. The molecule has 4 fully saturated rings. The number of nitrogens with two attached hydrogens (primary N) is 1. The third kappa shape index (κ3) is 11.0. The molecular weight excluding hydrogens is 589 g/mol. The van der Waals surface area contributed by atoms with E-state index in [1.165, 1.54) is 83.5 Å². The zero-order valence-corrected chi connectivity index (χ0v) is 28.4. The Morgan fingerprint density at radius 2 is 1.56 bits per heavy atom. The van der Waals surface area contributed by atoms with Crippen molar-refractivity contribution >= 4 is 25.4 Å². The highest BCUT2D eigenvalue weighted by atomic mass is 31.2. The van der Waals surface area contributed by atoms with E-state index in [1.807, 2.05) is 0 Å². The average molecular weight is 650 g/mol. The normalized spacial score (nSPS) is 25.1. The molecule has 12 nitrogen and oxygen atoms in total. The van der Waals surface area contributed by atoms with Crippen molar-refractivity contribution in [1.82, 2.24) is 30.5 Å². The number of rotatable bonds is 15. The van der Waals surface area contributed by atoms with Gasteiger partial charge in [-0.25, -0.2) is 0 Å². The first-order valence-electron chi connectivity index (χ1n) is 18.0. The maximum absolute atomic E-state index is 11.4. The molecule has 4 aliphatic rings. The van der Waals surface area contributed by atoms with Gasteiger partial charge < -0.3 is 36.4 Å². The maximum atomic E-state index is 11.4. The van der Waals surface area contributed by atoms with Crippen LogP contribution < -0.4 is 26.6 Å². The van der Waals surface area contributed by atoms with Gasteiger partial charge in [0.1, 0.15) is 0 Å². The summed E-state index contributed by atoms with van der Waals surface area (Å²) in [6.07, 6.45) is 19.3. The molecule has 1 saturated heterocycles. The van der Waals surface area contributed by atoms with E-state index in [9.17, 15) is 14.4 Å². The lowest BCUT2D eigenvalue weighted by atomic mass is 9.78. The molecule has 13 heteroatoms. The summed E-state index contributed by atoms with van der Waals surface area (Å²) in [5.41, 5.74) is 6.17. The van der Waals surface area contributed by atoms with Crippen molar-refractivity contribution in [3.05, 3.63) is 0 Å². The number of nitrogen functional groups attached to an aromatic ring is 1. The van der Waals surface area contributed by atoms with E-state index in [-0.39, 0.29) is 17.6 Å². The number of anilines is 3. The Balaban J connectivity index is 1.03. The lowest BCUT2D eigenvalue weighted by Gasteiger charge is -2.53. The van der Waals surface area contributed by atoms with Gasteiger partial charge in [-0.3, -0.25) is 9.46 Å². The molecule has 1 aromatic heterocycles. The van der Waals surface area contributed by atoms with E-state index in [0.29, 0.717) is 30.8 Å². The van der Waals surface area contributed by atoms with Crippen molar-refractivity contribution in [2.75, 3.05) is 74.5 Å². The van der Waals surface area contributed by atoms with E-state index < -0.39 is 7.60 Å². The Labute approximate surface area is 270 Å². The fourth-order valence-electron chi connectivity index (χ4n) is 8.29. The molecule has 1 spiro atoms. The highest BCUT2D eigenvalue weighted by molar-refractivity contribution is 7.51. The monoisotopic (exact) mass is 649 g/mol.